The molecule has 4 nitrogen and oxygen atoms in total. The number of rotatable bonds is 2. The van der Waals surface area contributed by atoms with Crippen LogP contribution in [0.4, 0.5) is 4.39 Å². The van der Waals surface area contributed by atoms with Gasteiger partial charge in [0.25, 0.3) is 0 Å². The largest absolute Gasteiger partial charge is 0.381 e. The predicted molar refractivity (Wildman–Crippen MR) is 88.6 cm³/mol. The van der Waals surface area contributed by atoms with Gasteiger partial charge in [0.15, 0.2) is 5.78 Å². The second-order valence-electron chi connectivity index (χ2n) is 6.65. The van der Waals surface area contributed by atoms with E-state index in [0.29, 0.717) is 29.7 Å². The molecular weight excluding hydrogens is 307 g/mol. The summed E-state index contributed by atoms with van der Waals surface area (Å²) in [6.07, 6.45) is 1.60. The zero-order valence-corrected chi connectivity index (χ0v) is 14.1. The number of benzene rings is 1. The van der Waals surface area contributed by atoms with E-state index in [1.807, 2.05) is 6.92 Å². The first-order valence-corrected chi connectivity index (χ1v) is 8.00. The third-order valence-corrected chi connectivity index (χ3v) is 4.96. The van der Waals surface area contributed by atoms with Gasteiger partial charge in [-0.2, -0.15) is 5.26 Å². The van der Waals surface area contributed by atoms with E-state index in [4.69, 9.17) is 9.72 Å². The summed E-state index contributed by atoms with van der Waals surface area (Å²) in [6.45, 7) is 6.62. The Bertz CT molecular complexity index is 877. The highest BCUT2D eigenvalue weighted by Crippen LogP contribution is 2.38. The third-order valence-electron chi connectivity index (χ3n) is 4.96. The Kier molecular flexibility index (Phi) is 4.10. The van der Waals surface area contributed by atoms with Crippen molar-refractivity contribution in [2.24, 2.45) is 0 Å². The molecule has 3 rings (SSSR count). The molecule has 1 saturated heterocycles. The van der Waals surface area contributed by atoms with Crippen LogP contribution in [0.2, 0.25) is 0 Å². The fourth-order valence-corrected chi connectivity index (χ4v) is 3.49. The number of carbonyl (C=O) groups excluding carboxylic acids is 1. The average Bonchev–Trinajstić information content (AvgIpc) is 2.54. The van der Waals surface area contributed by atoms with E-state index in [1.165, 1.54) is 19.1 Å². The minimum atomic E-state index is -0.532. The Morgan fingerprint density at radius 2 is 2.04 bits per heavy atom. The molecule has 0 bridgehead atoms. The molecule has 5 heteroatoms. The molecule has 2 aromatic rings. The number of hydrogen-bond donors (Lipinski definition) is 0. The van der Waals surface area contributed by atoms with Gasteiger partial charge in [-0.1, -0.05) is 6.92 Å². The SMILES string of the molecule is CC(=O)c1cc(F)cc2c(C#N)c(C)c(C3(C)CCOCC3)nc12. The van der Waals surface area contributed by atoms with Crippen molar-refractivity contribution in [3.05, 3.63) is 40.3 Å². The Labute approximate surface area is 140 Å². The van der Waals surface area contributed by atoms with E-state index < -0.39 is 5.82 Å². The maximum Gasteiger partial charge on any atom is 0.162 e. The van der Waals surface area contributed by atoms with E-state index in [0.717, 1.165) is 24.1 Å². The van der Waals surface area contributed by atoms with Crippen molar-refractivity contribution in [1.29, 1.82) is 5.26 Å². The summed E-state index contributed by atoms with van der Waals surface area (Å²) in [5.41, 5.74) is 2.38. The van der Waals surface area contributed by atoms with Gasteiger partial charge in [-0.15, -0.1) is 0 Å². The molecule has 1 aromatic heterocycles. The molecule has 0 atom stereocenters. The number of Topliss-reactive ketones (excluding diaryl/α,β-unsaturated/α-hetero) is 1. The highest BCUT2D eigenvalue weighted by Gasteiger charge is 2.34. The number of ether oxygens (including phenoxy) is 1. The smallest absolute Gasteiger partial charge is 0.162 e. The number of pyridine rings is 1. The normalized spacial score (nSPS) is 16.8. The van der Waals surface area contributed by atoms with Crippen LogP contribution in [-0.4, -0.2) is 24.0 Å². The zero-order chi connectivity index (χ0) is 17.5. The number of nitriles is 1. The number of nitrogens with zero attached hydrogens (tertiary/aromatic N) is 2. The van der Waals surface area contributed by atoms with Crippen LogP contribution in [0.3, 0.4) is 0 Å². The Morgan fingerprint density at radius 3 is 2.62 bits per heavy atom. The van der Waals surface area contributed by atoms with Crippen LogP contribution in [0, 0.1) is 24.1 Å². The summed E-state index contributed by atoms with van der Waals surface area (Å²) < 4.78 is 19.4. The predicted octanol–water partition coefficient (Wildman–Crippen LogP) is 3.82. The summed E-state index contributed by atoms with van der Waals surface area (Å²) in [7, 11) is 0. The molecule has 0 amide bonds. The van der Waals surface area contributed by atoms with Gasteiger partial charge in [0, 0.05) is 29.6 Å². The van der Waals surface area contributed by atoms with Crippen LogP contribution in [-0.2, 0) is 10.2 Å². The molecule has 0 aliphatic carbocycles. The molecular formula is C19H19FN2O2. The molecule has 124 valence electrons. The van der Waals surface area contributed by atoms with Crippen LogP contribution >= 0.6 is 0 Å². The number of fused-ring (bicyclic) bond motifs is 1. The van der Waals surface area contributed by atoms with Gasteiger partial charge < -0.3 is 4.74 Å². The lowest BCUT2D eigenvalue weighted by Gasteiger charge is -2.34. The molecule has 0 unspecified atom stereocenters. The van der Waals surface area contributed by atoms with Crippen molar-refractivity contribution in [3.63, 3.8) is 0 Å². The molecule has 1 aliphatic heterocycles. The molecule has 0 N–H and O–H groups in total. The van der Waals surface area contributed by atoms with Gasteiger partial charge in [0.2, 0.25) is 0 Å². The van der Waals surface area contributed by atoms with Gasteiger partial charge in [0.05, 0.1) is 16.8 Å². The van der Waals surface area contributed by atoms with E-state index in [1.54, 1.807) is 0 Å². The summed E-state index contributed by atoms with van der Waals surface area (Å²) in [5, 5.41) is 10.0. The summed E-state index contributed by atoms with van der Waals surface area (Å²) in [6, 6.07) is 4.67. The Balaban J connectivity index is 2.39. The average molecular weight is 326 g/mol. The minimum Gasteiger partial charge on any atom is -0.381 e. The number of halogens is 1. The molecule has 0 radical (unpaired) electrons. The number of aromatic nitrogens is 1. The summed E-state index contributed by atoms with van der Waals surface area (Å²) >= 11 is 0. The first-order chi connectivity index (χ1) is 11.4. The van der Waals surface area contributed by atoms with Crippen molar-refractivity contribution >= 4 is 16.7 Å². The number of ketones is 1. The summed E-state index contributed by atoms with van der Waals surface area (Å²) in [5.74, 6) is -0.793. The van der Waals surface area contributed by atoms with Crippen LogP contribution in [0.25, 0.3) is 10.9 Å². The van der Waals surface area contributed by atoms with E-state index in [2.05, 4.69) is 13.0 Å². The monoisotopic (exact) mass is 326 g/mol. The highest BCUT2D eigenvalue weighted by atomic mass is 19.1. The standard InChI is InChI=1S/C19H19FN2O2/c1-11-16(10-21)15-9-13(20)8-14(12(2)23)17(15)22-18(11)19(3)4-6-24-7-5-19/h8-9H,4-7H2,1-3H3. The number of hydrogen-bond acceptors (Lipinski definition) is 4. The van der Waals surface area contributed by atoms with Crippen LogP contribution in [0.5, 0.6) is 0 Å². The van der Waals surface area contributed by atoms with Crippen molar-refractivity contribution < 1.29 is 13.9 Å². The van der Waals surface area contributed by atoms with E-state index >= 15 is 0 Å². The topological polar surface area (TPSA) is 63.0 Å². The zero-order valence-electron chi connectivity index (χ0n) is 14.1. The number of carbonyl (C=O) groups is 1. The van der Waals surface area contributed by atoms with Crippen molar-refractivity contribution in [2.75, 3.05) is 13.2 Å². The lowest BCUT2D eigenvalue weighted by Crippen LogP contribution is -2.32. The van der Waals surface area contributed by atoms with Crippen LogP contribution in [0.1, 0.15) is 53.9 Å². The van der Waals surface area contributed by atoms with E-state index in [9.17, 15) is 14.4 Å². The lowest BCUT2D eigenvalue weighted by molar-refractivity contribution is 0.0549. The quantitative estimate of drug-likeness (QED) is 0.787. The third kappa shape index (κ3) is 2.57. The molecule has 2 heterocycles. The van der Waals surface area contributed by atoms with Crippen molar-refractivity contribution in [3.8, 4) is 6.07 Å². The van der Waals surface area contributed by atoms with Crippen molar-refractivity contribution in [1.82, 2.24) is 4.98 Å². The first kappa shape index (κ1) is 16.5. The van der Waals surface area contributed by atoms with E-state index in [-0.39, 0.29) is 16.8 Å². The van der Waals surface area contributed by atoms with Gasteiger partial charge in [0.1, 0.15) is 11.9 Å². The fourth-order valence-electron chi connectivity index (χ4n) is 3.49. The first-order valence-electron chi connectivity index (χ1n) is 8.00. The Hall–Kier alpha value is -2.32. The molecule has 1 aromatic carbocycles. The van der Waals surface area contributed by atoms with Crippen molar-refractivity contribution in [2.45, 2.75) is 39.0 Å². The Morgan fingerprint density at radius 1 is 1.38 bits per heavy atom. The molecule has 1 aliphatic rings. The van der Waals surface area contributed by atoms with Gasteiger partial charge >= 0.3 is 0 Å². The molecule has 1 fully saturated rings. The summed E-state index contributed by atoms with van der Waals surface area (Å²) in [4.78, 5) is 16.7. The molecule has 0 spiro atoms. The van der Waals surface area contributed by atoms with Crippen LogP contribution < -0.4 is 0 Å². The molecule has 0 saturated carbocycles. The second kappa shape index (κ2) is 5.95. The maximum atomic E-state index is 13.9. The van der Waals surface area contributed by atoms with Crippen LogP contribution in [0.15, 0.2) is 12.1 Å². The maximum absolute atomic E-state index is 13.9. The van der Waals surface area contributed by atoms with Gasteiger partial charge in [-0.05, 0) is 44.4 Å². The van der Waals surface area contributed by atoms with Gasteiger partial charge in [-0.3, -0.25) is 9.78 Å². The van der Waals surface area contributed by atoms with Gasteiger partial charge in [-0.25, -0.2) is 4.39 Å². The highest BCUT2D eigenvalue weighted by molar-refractivity contribution is 6.06. The minimum absolute atomic E-state index is 0.218. The molecule has 24 heavy (non-hydrogen) atoms. The lowest BCUT2D eigenvalue weighted by atomic mass is 9.76. The second-order valence-corrected chi connectivity index (χ2v) is 6.65. The fraction of sp³-hybridized carbons (Fsp3) is 0.421.